The number of amides is 1. The van der Waals surface area contributed by atoms with Gasteiger partial charge >= 0.3 is 0 Å². The molecule has 4 rings (SSSR count). The third kappa shape index (κ3) is 3.94. The van der Waals surface area contributed by atoms with Crippen LogP contribution in [-0.4, -0.2) is 19.3 Å². The molecular weight excluding hydrogens is 422 g/mol. The average molecular weight is 436 g/mol. The van der Waals surface area contributed by atoms with Gasteiger partial charge in [-0.3, -0.25) is 4.79 Å². The third-order valence-electron chi connectivity index (χ3n) is 3.68. The number of benzene rings is 1. The van der Waals surface area contributed by atoms with Crippen LogP contribution in [0.1, 0.15) is 14.5 Å². The number of para-hydroxylation sites is 1. The fraction of sp³-hybridized carbons (Fsp3) is 0.0588. The summed E-state index contributed by atoms with van der Waals surface area (Å²) < 4.78 is 23.8. The van der Waals surface area contributed by atoms with Crippen molar-refractivity contribution in [1.82, 2.24) is 10.3 Å². The number of nitrogens with two attached hydrogens (primary N) is 1. The zero-order valence-electron chi connectivity index (χ0n) is 13.7. The number of thiazole rings is 1. The highest BCUT2D eigenvalue weighted by molar-refractivity contribution is 7.91. The van der Waals surface area contributed by atoms with E-state index in [0.29, 0.717) is 4.88 Å². The molecule has 138 valence electrons. The highest BCUT2D eigenvalue weighted by atomic mass is 32.2. The van der Waals surface area contributed by atoms with Crippen molar-refractivity contribution < 1.29 is 13.2 Å². The molecule has 0 fully saturated rings. The minimum atomic E-state index is -3.71. The minimum absolute atomic E-state index is 0.0843. The summed E-state index contributed by atoms with van der Waals surface area (Å²) in [5.41, 5.74) is 0.945. The van der Waals surface area contributed by atoms with Gasteiger partial charge in [-0.2, -0.15) is 0 Å². The molecule has 0 saturated heterocycles. The number of hydrogen-bond acceptors (Lipinski definition) is 7. The van der Waals surface area contributed by atoms with Crippen LogP contribution >= 0.6 is 34.0 Å². The van der Waals surface area contributed by atoms with Gasteiger partial charge in [-0.15, -0.1) is 34.0 Å². The summed E-state index contributed by atoms with van der Waals surface area (Å²) in [4.78, 5) is 19.2. The number of carbonyl (C=O) groups excluding carboxylic acids is 1. The molecule has 1 aromatic carbocycles. The van der Waals surface area contributed by atoms with Crippen LogP contribution in [0.5, 0.6) is 0 Å². The second-order valence-corrected chi connectivity index (χ2v) is 10.7. The van der Waals surface area contributed by atoms with Crippen LogP contribution in [-0.2, 0) is 16.6 Å². The number of carbonyl (C=O) groups is 1. The lowest BCUT2D eigenvalue weighted by Crippen LogP contribution is -2.21. The first-order valence-electron chi connectivity index (χ1n) is 7.76. The van der Waals surface area contributed by atoms with E-state index in [4.69, 9.17) is 5.14 Å². The maximum absolute atomic E-state index is 12.4. The average Bonchev–Trinajstić information content (AvgIpc) is 3.37. The molecule has 0 aliphatic carbocycles. The topological polar surface area (TPSA) is 102 Å². The zero-order chi connectivity index (χ0) is 19.0. The highest BCUT2D eigenvalue weighted by Crippen LogP contribution is 2.34. The zero-order valence-corrected chi connectivity index (χ0v) is 17.0. The second kappa shape index (κ2) is 7.13. The van der Waals surface area contributed by atoms with Gasteiger partial charge in [0.1, 0.15) is 9.22 Å². The van der Waals surface area contributed by atoms with E-state index >= 15 is 0 Å². The van der Waals surface area contributed by atoms with Crippen LogP contribution in [0.15, 0.2) is 52.7 Å². The van der Waals surface area contributed by atoms with E-state index in [9.17, 15) is 13.2 Å². The fourth-order valence-corrected chi connectivity index (χ4v) is 6.07. The summed E-state index contributed by atoms with van der Waals surface area (Å²) in [5, 5.41) is 8.78. The first-order chi connectivity index (χ1) is 12.9. The molecule has 1 amide bonds. The van der Waals surface area contributed by atoms with Crippen LogP contribution in [0.2, 0.25) is 0 Å². The molecule has 0 bridgehead atoms. The summed E-state index contributed by atoms with van der Waals surface area (Å²) in [5.74, 6) is -0.210. The Morgan fingerprint density at radius 2 is 1.85 bits per heavy atom. The molecule has 0 atom stereocenters. The number of thiophene rings is 2. The Morgan fingerprint density at radius 3 is 2.59 bits per heavy atom. The summed E-state index contributed by atoms with van der Waals surface area (Å²) in [6.07, 6.45) is 0. The van der Waals surface area contributed by atoms with Crippen LogP contribution in [0.4, 0.5) is 0 Å². The number of nitrogens with one attached hydrogen (secondary N) is 1. The Bertz CT molecular complexity index is 1200. The Hall–Kier alpha value is -2.11. The molecule has 3 aromatic heterocycles. The molecule has 27 heavy (non-hydrogen) atoms. The van der Waals surface area contributed by atoms with E-state index in [2.05, 4.69) is 10.3 Å². The summed E-state index contributed by atoms with van der Waals surface area (Å²) in [6.45, 7) is 0.243. The number of sulfonamides is 1. The Labute approximate surface area is 167 Å². The molecule has 3 N–H and O–H groups in total. The Kier molecular flexibility index (Phi) is 4.82. The number of nitrogens with zero attached hydrogens (tertiary/aromatic N) is 1. The van der Waals surface area contributed by atoms with Gasteiger partial charge in [-0.05, 0) is 36.4 Å². The van der Waals surface area contributed by atoms with E-state index in [1.807, 2.05) is 30.3 Å². The SMILES string of the molecule is NS(=O)(=O)c1ccc(CNC(=O)c2ccc(-c3nc4ccccc4s3)s2)s1. The summed E-state index contributed by atoms with van der Waals surface area (Å²) in [6, 6.07) is 14.7. The van der Waals surface area contributed by atoms with Crippen molar-refractivity contribution in [3.05, 3.63) is 58.3 Å². The second-order valence-electron chi connectivity index (χ2n) is 5.60. The lowest BCUT2D eigenvalue weighted by Gasteiger charge is -2.00. The first kappa shape index (κ1) is 18.3. The van der Waals surface area contributed by atoms with Crippen LogP contribution in [0, 0.1) is 0 Å². The highest BCUT2D eigenvalue weighted by Gasteiger charge is 2.15. The van der Waals surface area contributed by atoms with Gasteiger partial charge in [-0.1, -0.05) is 12.1 Å². The van der Waals surface area contributed by atoms with Gasteiger partial charge < -0.3 is 5.32 Å². The Balaban J connectivity index is 1.46. The number of hydrogen-bond donors (Lipinski definition) is 2. The van der Waals surface area contributed by atoms with Gasteiger partial charge in [0.25, 0.3) is 5.91 Å². The van der Waals surface area contributed by atoms with Gasteiger partial charge in [0.2, 0.25) is 10.0 Å². The number of rotatable bonds is 5. The van der Waals surface area contributed by atoms with Gasteiger partial charge in [-0.25, -0.2) is 18.5 Å². The van der Waals surface area contributed by atoms with E-state index in [0.717, 1.165) is 36.3 Å². The third-order valence-corrected chi connectivity index (χ3v) is 8.49. The molecule has 0 unspecified atom stereocenters. The molecule has 3 heterocycles. The Morgan fingerprint density at radius 1 is 1.04 bits per heavy atom. The molecule has 0 spiro atoms. The van der Waals surface area contributed by atoms with Gasteiger partial charge in [0, 0.05) is 4.88 Å². The van der Waals surface area contributed by atoms with E-state index < -0.39 is 10.0 Å². The van der Waals surface area contributed by atoms with Crippen molar-refractivity contribution in [1.29, 1.82) is 0 Å². The van der Waals surface area contributed by atoms with Gasteiger partial charge in [0.05, 0.1) is 26.5 Å². The predicted octanol–water partition coefficient (Wildman–Crippen LogP) is 3.66. The van der Waals surface area contributed by atoms with Crippen molar-refractivity contribution in [2.45, 2.75) is 10.8 Å². The molecule has 4 aromatic rings. The molecule has 0 aliphatic heterocycles. The molecule has 0 aliphatic rings. The number of aromatic nitrogens is 1. The van der Waals surface area contributed by atoms with Gasteiger partial charge in [0.15, 0.2) is 0 Å². The van der Waals surface area contributed by atoms with Crippen molar-refractivity contribution in [3.8, 4) is 9.88 Å². The molecule has 0 saturated carbocycles. The fourth-order valence-electron chi connectivity index (χ4n) is 2.41. The minimum Gasteiger partial charge on any atom is -0.346 e. The normalized spacial score (nSPS) is 11.7. The van der Waals surface area contributed by atoms with Crippen molar-refractivity contribution in [2.24, 2.45) is 5.14 Å². The van der Waals surface area contributed by atoms with E-state index in [1.165, 1.54) is 17.4 Å². The lowest BCUT2D eigenvalue weighted by molar-refractivity contribution is 0.0955. The monoisotopic (exact) mass is 435 g/mol. The number of fused-ring (bicyclic) bond motifs is 1. The van der Waals surface area contributed by atoms with Crippen LogP contribution in [0.25, 0.3) is 20.1 Å². The van der Waals surface area contributed by atoms with Crippen molar-refractivity contribution in [2.75, 3.05) is 0 Å². The van der Waals surface area contributed by atoms with E-state index in [-0.39, 0.29) is 16.7 Å². The summed E-state index contributed by atoms with van der Waals surface area (Å²) in [7, 11) is -3.71. The van der Waals surface area contributed by atoms with Crippen molar-refractivity contribution >= 4 is 60.2 Å². The van der Waals surface area contributed by atoms with Crippen LogP contribution < -0.4 is 10.5 Å². The first-order valence-corrected chi connectivity index (χ1v) is 11.8. The standard InChI is InChI=1S/C17H13N3O3S4/c18-27(22,23)15-8-5-10(24-15)9-19-16(21)13-6-7-14(25-13)17-20-11-3-1-2-4-12(11)26-17/h1-8H,9H2,(H,19,21)(H2,18,22,23). The molecule has 10 heteroatoms. The largest absolute Gasteiger partial charge is 0.346 e. The van der Waals surface area contributed by atoms with Crippen molar-refractivity contribution in [3.63, 3.8) is 0 Å². The molecule has 0 radical (unpaired) electrons. The lowest BCUT2D eigenvalue weighted by atomic mass is 10.3. The maximum Gasteiger partial charge on any atom is 0.261 e. The smallest absolute Gasteiger partial charge is 0.261 e. The predicted molar refractivity (Wildman–Crippen MR) is 110 cm³/mol. The quantitative estimate of drug-likeness (QED) is 0.499. The molecule has 6 nitrogen and oxygen atoms in total. The number of primary sulfonamides is 1. The maximum atomic E-state index is 12.4. The summed E-state index contributed by atoms with van der Waals surface area (Å²) >= 11 is 4.02. The van der Waals surface area contributed by atoms with Crippen LogP contribution in [0.3, 0.4) is 0 Å². The molecular formula is C17H13N3O3S4. The van der Waals surface area contributed by atoms with E-state index in [1.54, 1.807) is 23.5 Å².